The summed E-state index contributed by atoms with van der Waals surface area (Å²) in [5, 5.41) is 9.92. The summed E-state index contributed by atoms with van der Waals surface area (Å²) in [5.41, 5.74) is 0.569. The Morgan fingerprint density at radius 2 is 2.25 bits per heavy atom. The summed E-state index contributed by atoms with van der Waals surface area (Å²) in [5.74, 6) is 0.814. The molecule has 3 heteroatoms. The number of fused-ring (bicyclic) bond motifs is 1. The molecule has 1 N–H and O–H groups in total. The normalized spacial score (nSPS) is 24.1. The summed E-state index contributed by atoms with van der Waals surface area (Å²) in [6.07, 6.45) is 0.888. The summed E-state index contributed by atoms with van der Waals surface area (Å²) in [6, 6.07) is 4.31. The van der Waals surface area contributed by atoms with Crippen LogP contribution >= 0.6 is 0 Å². The Morgan fingerprint density at radius 3 is 2.94 bits per heavy atom. The molecule has 1 heterocycles. The van der Waals surface area contributed by atoms with Gasteiger partial charge in [0.25, 0.3) is 0 Å². The van der Waals surface area contributed by atoms with E-state index >= 15 is 0 Å². The van der Waals surface area contributed by atoms with Crippen LogP contribution in [0.25, 0.3) is 0 Å². The third kappa shape index (κ3) is 2.35. The number of ether oxygens (including phenoxy) is 1. The van der Waals surface area contributed by atoms with Crippen LogP contribution in [0, 0.1) is 11.7 Å². The summed E-state index contributed by atoms with van der Waals surface area (Å²) in [4.78, 5) is 0. The molecule has 16 heavy (non-hydrogen) atoms. The number of halogens is 1. The lowest BCUT2D eigenvalue weighted by molar-refractivity contribution is 0.0553. The minimum atomic E-state index is -0.608. The van der Waals surface area contributed by atoms with Gasteiger partial charge in [-0.1, -0.05) is 13.8 Å². The maximum atomic E-state index is 13.0. The SMILES string of the molecule is CC(C)CC1C[C@@H](O)c2cc(F)ccc2O1. The monoisotopic (exact) mass is 224 g/mol. The maximum Gasteiger partial charge on any atom is 0.125 e. The predicted octanol–water partition coefficient (Wildman–Crippen LogP) is 3.06. The molecule has 2 nitrogen and oxygen atoms in total. The molecular formula is C13H17FO2. The van der Waals surface area contributed by atoms with Gasteiger partial charge in [-0.15, -0.1) is 0 Å². The second-order valence-electron chi connectivity index (χ2n) is 4.80. The van der Waals surface area contributed by atoms with E-state index in [4.69, 9.17) is 4.74 Å². The molecule has 1 unspecified atom stereocenters. The molecule has 0 saturated heterocycles. The third-order valence-corrected chi connectivity index (χ3v) is 2.84. The zero-order valence-corrected chi connectivity index (χ0v) is 9.61. The summed E-state index contributed by atoms with van der Waals surface area (Å²) < 4.78 is 18.8. The lowest BCUT2D eigenvalue weighted by Gasteiger charge is -2.30. The van der Waals surface area contributed by atoms with Crippen molar-refractivity contribution in [1.82, 2.24) is 0 Å². The topological polar surface area (TPSA) is 29.5 Å². The first-order valence-corrected chi connectivity index (χ1v) is 5.70. The van der Waals surface area contributed by atoms with Crippen LogP contribution in [0.5, 0.6) is 5.75 Å². The number of rotatable bonds is 2. The van der Waals surface area contributed by atoms with Crippen LogP contribution < -0.4 is 4.74 Å². The molecule has 1 aliphatic heterocycles. The Morgan fingerprint density at radius 1 is 1.50 bits per heavy atom. The van der Waals surface area contributed by atoms with Crippen LogP contribution in [-0.4, -0.2) is 11.2 Å². The van der Waals surface area contributed by atoms with Crippen molar-refractivity contribution in [2.75, 3.05) is 0 Å². The standard InChI is InChI=1S/C13H17FO2/c1-8(2)5-10-7-12(15)11-6-9(14)3-4-13(11)16-10/h3-4,6,8,10,12,15H,5,7H2,1-2H3/t10?,12-/m1/s1. The minimum absolute atomic E-state index is 0.0351. The van der Waals surface area contributed by atoms with E-state index in [0.29, 0.717) is 23.7 Å². The van der Waals surface area contributed by atoms with E-state index in [9.17, 15) is 9.50 Å². The maximum absolute atomic E-state index is 13.0. The number of aliphatic hydroxyl groups excluding tert-OH is 1. The van der Waals surface area contributed by atoms with Gasteiger partial charge >= 0.3 is 0 Å². The number of aliphatic hydroxyl groups is 1. The van der Waals surface area contributed by atoms with E-state index in [0.717, 1.165) is 6.42 Å². The first-order chi connectivity index (χ1) is 7.56. The van der Waals surface area contributed by atoms with Crippen LogP contribution in [0.4, 0.5) is 4.39 Å². The lowest BCUT2D eigenvalue weighted by atomic mass is 9.94. The molecule has 0 fully saturated rings. The number of hydrogen-bond acceptors (Lipinski definition) is 2. The van der Waals surface area contributed by atoms with E-state index in [1.54, 1.807) is 6.07 Å². The first kappa shape index (κ1) is 11.4. The Bertz CT molecular complexity index is 376. The molecule has 1 aromatic rings. The van der Waals surface area contributed by atoms with E-state index in [2.05, 4.69) is 13.8 Å². The molecule has 0 radical (unpaired) electrons. The molecule has 1 aromatic carbocycles. The fourth-order valence-corrected chi connectivity index (χ4v) is 2.16. The molecule has 0 aliphatic carbocycles. The Hall–Kier alpha value is -1.09. The molecule has 1 aliphatic rings. The fourth-order valence-electron chi connectivity index (χ4n) is 2.16. The van der Waals surface area contributed by atoms with Crippen LogP contribution in [0.15, 0.2) is 18.2 Å². The first-order valence-electron chi connectivity index (χ1n) is 5.70. The van der Waals surface area contributed by atoms with Gasteiger partial charge in [0, 0.05) is 12.0 Å². The van der Waals surface area contributed by atoms with Crippen molar-refractivity contribution >= 4 is 0 Å². The largest absolute Gasteiger partial charge is 0.490 e. The zero-order valence-electron chi connectivity index (χ0n) is 9.61. The van der Waals surface area contributed by atoms with Crippen molar-refractivity contribution < 1.29 is 14.2 Å². The Kier molecular flexibility index (Phi) is 3.15. The van der Waals surface area contributed by atoms with Gasteiger partial charge in [-0.2, -0.15) is 0 Å². The highest BCUT2D eigenvalue weighted by molar-refractivity contribution is 5.37. The van der Waals surface area contributed by atoms with Crippen molar-refractivity contribution in [2.24, 2.45) is 5.92 Å². The van der Waals surface area contributed by atoms with E-state index in [1.807, 2.05) is 0 Å². The van der Waals surface area contributed by atoms with Gasteiger partial charge in [0.2, 0.25) is 0 Å². The van der Waals surface area contributed by atoms with Gasteiger partial charge in [-0.3, -0.25) is 0 Å². The highest BCUT2D eigenvalue weighted by Crippen LogP contribution is 2.36. The lowest BCUT2D eigenvalue weighted by Crippen LogP contribution is -2.27. The van der Waals surface area contributed by atoms with Crippen LogP contribution in [-0.2, 0) is 0 Å². The molecule has 88 valence electrons. The van der Waals surface area contributed by atoms with Crippen molar-refractivity contribution in [3.8, 4) is 5.75 Å². The quantitative estimate of drug-likeness (QED) is 0.836. The molecule has 0 spiro atoms. The molecule has 2 atom stereocenters. The van der Waals surface area contributed by atoms with Crippen molar-refractivity contribution in [3.63, 3.8) is 0 Å². The summed E-state index contributed by atoms with van der Waals surface area (Å²) >= 11 is 0. The third-order valence-electron chi connectivity index (χ3n) is 2.84. The van der Waals surface area contributed by atoms with Gasteiger partial charge in [0.05, 0.1) is 6.10 Å². The van der Waals surface area contributed by atoms with Crippen LogP contribution in [0.3, 0.4) is 0 Å². The van der Waals surface area contributed by atoms with Gasteiger partial charge in [-0.05, 0) is 30.5 Å². The van der Waals surface area contributed by atoms with Crippen molar-refractivity contribution in [2.45, 2.75) is 38.9 Å². The molecular weight excluding hydrogens is 207 g/mol. The average Bonchev–Trinajstić information content (AvgIpc) is 2.18. The smallest absolute Gasteiger partial charge is 0.125 e. The van der Waals surface area contributed by atoms with E-state index in [1.165, 1.54) is 12.1 Å². The van der Waals surface area contributed by atoms with Crippen molar-refractivity contribution in [1.29, 1.82) is 0 Å². The molecule has 0 aromatic heterocycles. The van der Waals surface area contributed by atoms with Crippen LogP contribution in [0.2, 0.25) is 0 Å². The second kappa shape index (κ2) is 4.42. The van der Waals surface area contributed by atoms with Gasteiger partial charge in [0.15, 0.2) is 0 Å². The summed E-state index contributed by atoms with van der Waals surface area (Å²) in [7, 11) is 0. The molecule has 0 saturated carbocycles. The van der Waals surface area contributed by atoms with Gasteiger partial charge < -0.3 is 9.84 Å². The Labute approximate surface area is 95.1 Å². The van der Waals surface area contributed by atoms with Gasteiger partial charge in [0.1, 0.15) is 17.7 Å². The highest BCUT2D eigenvalue weighted by Gasteiger charge is 2.27. The fraction of sp³-hybridized carbons (Fsp3) is 0.538. The Balaban J connectivity index is 2.20. The highest BCUT2D eigenvalue weighted by atomic mass is 19.1. The van der Waals surface area contributed by atoms with Gasteiger partial charge in [-0.25, -0.2) is 4.39 Å². The van der Waals surface area contributed by atoms with E-state index in [-0.39, 0.29) is 11.9 Å². The summed E-state index contributed by atoms with van der Waals surface area (Å²) in [6.45, 7) is 4.24. The average molecular weight is 224 g/mol. The molecule has 0 amide bonds. The minimum Gasteiger partial charge on any atom is -0.490 e. The molecule has 2 rings (SSSR count). The molecule has 0 bridgehead atoms. The second-order valence-corrected chi connectivity index (χ2v) is 4.80. The van der Waals surface area contributed by atoms with E-state index < -0.39 is 6.10 Å². The zero-order chi connectivity index (χ0) is 11.7. The number of benzene rings is 1. The predicted molar refractivity (Wildman–Crippen MR) is 59.8 cm³/mol. The van der Waals surface area contributed by atoms with Crippen molar-refractivity contribution in [3.05, 3.63) is 29.6 Å². The van der Waals surface area contributed by atoms with Crippen LogP contribution in [0.1, 0.15) is 38.4 Å². The number of hydrogen-bond donors (Lipinski definition) is 1.